The first-order valence-corrected chi connectivity index (χ1v) is 12.4. The predicted octanol–water partition coefficient (Wildman–Crippen LogP) is 4.32. The number of hydrogen-bond donors (Lipinski definition) is 2. The van der Waals surface area contributed by atoms with Crippen LogP contribution in [0.25, 0.3) is 0 Å². The molecule has 10 heteroatoms. The van der Waals surface area contributed by atoms with Crippen molar-refractivity contribution >= 4 is 34.7 Å². The first-order chi connectivity index (χ1) is 17.5. The molecule has 3 aromatic rings. The van der Waals surface area contributed by atoms with Crippen molar-refractivity contribution in [1.29, 1.82) is 0 Å². The molecular formula is C27H30FN3O5S. The van der Waals surface area contributed by atoms with Crippen LogP contribution in [0, 0.1) is 5.82 Å². The van der Waals surface area contributed by atoms with Crippen molar-refractivity contribution in [3.63, 3.8) is 0 Å². The molecular weight excluding hydrogens is 497 g/mol. The molecule has 1 atom stereocenters. The van der Waals surface area contributed by atoms with Crippen LogP contribution in [0.2, 0.25) is 0 Å². The molecule has 3 amide bonds. The molecule has 8 nitrogen and oxygen atoms in total. The molecule has 0 radical (unpaired) electrons. The van der Waals surface area contributed by atoms with Gasteiger partial charge in [0, 0.05) is 11.2 Å². The van der Waals surface area contributed by atoms with E-state index in [1.807, 2.05) is 20.8 Å². The standard InChI is InChI=1S/C27H30FN3O5S/c1-27(2,3)30-26(34)24(17-11-12-20(35-4)21(14-17)36-5)31(19-9-6-8-18(28)15-19)23(32)16-29-25(33)22-10-7-13-37-22/h6-15,24H,16H2,1-5H3,(H,29,33)(H,30,34)/t24-/m0/s1. The summed E-state index contributed by atoms with van der Waals surface area (Å²) >= 11 is 1.23. The Morgan fingerprint density at radius 3 is 2.32 bits per heavy atom. The fourth-order valence-corrected chi connectivity index (χ4v) is 4.32. The van der Waals surface area contributed by atoms with E-state index < -0.39 is 41.7 Å². The lowest BCUT2D eigenvalue weighted by Crippen LogP contribution is -2.51. The molecule has 0 aliphatic heterocycles. The van der Waals surface area contributed by atoms with Gasteiger partial charge >= 0.3 is 0 Å². The molecule has 2 N–H and O–H groups in total. The molecule has 0 saturated carbocycles. The van der Waals surface area contributed by atoms with Crippen molar-refractivity contribution in [3.05, 3.63) is 76.2 Å². The highest BCUT2D eigenvalue weighted by Crippen LogP contribution is 2.35. The van der Waals surface area contributed by atoms with Gasteiger partial charge in [0.15, 0.2) is 11.5 Å². The van der Waals surface area contributed by atoms with Crippen LogP contribution in [0.15, 0.2) is 60.0 Å². The van der Waals surface area contributed by atoms with Gasteiger partial charge in [0.1, 0.15) is 11.9 Å². The number of carbonyl (C=O) groups excluding carboxylic acids is 3. The number of rotatable bonds is 9. The van der Waals surface area contributed by atoms with Crippen LogP contribution in [0.4, 0.5) is 10.1 Å². The van der Waals surface area contributed by atoms with Crippen LogP contribution in [0.3, 0.4) is 0 Å². The monoisotopic (exact) mass is 527 g/mol. The molecule has 1 heterocycles. The maximum atomic E-state index is 14.3. The normalized spacial score (nSPS) is 11.8. The largest absolute Gasteiger partial charge is 0.493 e. The highest BCUT2D eigenvalue weighted by atomic mass is 32.1. The topological polar surface area (TPSA) is 97.0 Å². The SMILES string of the molecule is COc1ccc([C@@H](C(=O)NC(C)(C)C)N(C(=O)CNC(=O)c2cccs2)c2cccc(F)c2)cc1OC. The van der Waals surface area contributed by atoms with E-state index in [1.165, 1.54) is 48.7 Å². The molecule has 196 valence electrons. The smallest absolute Gasteiger partial charge is 0.261 e. The van der Waals surface area contributed by atoms with Crippen molar-refractivity contribution < 1.29 is 28.2 Å². The number of nitrogens with zero attached hydrogens (tertiary/aromatic N) is 1. The van der Waals surface area contributed by atoms with E-state index >= 15 is 0 Å². The minimum atomic E-state index is -1.22. The van der Waals surface area contributed by atoms with E-state index in [9.17, 15) is 18.8 Å². The third-order valence-electron chi connectivity index (χ3n) is 5.23. The molecule has 37 heavy (non-hydrogen) atoms. The molecule has 1 aromatic heterocycles. The fourth-order valence-electron chi connectivity index (χ4n) is 3.68. The highest BCUT2D eigenvalue weighted by Gasteiger charge is 2.35. The molecule has 0 unspecified atom stereocenters. The van der Waals surface area contributed by atoms with Gasteiger partial charge in [-0.05, 0) is 68.1 Å². The number of hydrogen-bond acceptors (Lipinski definition) is 6. The molecule has 0 bridgehead atoms. The Labute approximate surface area is 219 Å². The molecule has 0 aliphatic carbocycles. The third-order valence-corrected chi connectivity index (χ3v) is 6.10. The zero-order valence-corrected chi connectivity index (χ0v) is 22.1. The second kappa shape index (κ2) is 11.9. The Hall–Kier alpha value is -3.92. The second-order valence-electron chi connectivity index (χ2n) is 9.16. The van der Waals surface area contributed by atoms with Crippen molar-refractivity contribution in [2.45, 2.75) is 32.4 Å². The number of carbonyl (C=O) groups is 3. The summed E-state index contributed by atoms with van der Waals surface area (Å²) in [6.07, 6.45) is 0. The summed E-state index contributed by atoms with van der Waals surface area (Å²) in [5.41, 5.74) is -0.0727. The number of benzene rings is 2. The minimum absolute atomic E-state index is 0.152. The minimum Gasteiger partial charge on any atom is -0.493 e. The van der Waals surface area contributed by atoms with Crippen molar-refractivity contribution in [3.8, 4) is 11.5 Å². The van der Waals surface area contributed by atoms with Gasteiger partial charge in [0.2, 0.25) is 11.8 Å². The average molecular weight is 528 g/mol. The fraction of sp³-hybridized carbons (Fsp3) is 0.296. The van der Waals surface area contributed by atoms with E-state index in [-0.39, 0.29) is 5.69 Å². The number of halogens is 1. The lowest BCUT2D eigenvalue weighted by atomic mass is 10.00. The molecule has 3 rings (SSSR count). The summed E-state index contributed by atoms with van der Waals surface area (Å²) in [5, 5.41) is 7.25. The average Bonchev–Trinajstić information content (AvgIpc) is 3.39. The van der Waals surface area contributed by atoms with Gasteiger partial charge in [0.25, 0.3) is 5.91 Å². The number of methoxy groups -OCH3 is 2. The number of nitrogens with one attached hydrogen (secondary N) is 2. The predicted molar refractivity (Wildman–Crippen MR) is 141 cm³/mol. The van der Waals surface area contributed by atoms with Crippen LogP contribution < -0.4 is 25.0 Å². The lowest BCUT2D eigenvalue weighted by molar-refractivity contribution is -0.127. The van der Waals surface area contributed by atoms with Crippen LogP contribution >= 0.6 is 11.3 Å². The number of amides is 3. The highest BCUT2D eigenvalue weighted by molar-refractivity contribution is 7.12. The van der Waals surface area contributed by atoms with Crippen molar-refractivity contribution in [2.75, 3.05) is 25.7 Å². The van der Waals surface area contributed by atoms with Gasteiger partial charge in [-0.1, -0.05) is 18.2 Å². The Balaban J connectivity index is 2.09. The summed E-state index contributed by atoms with van der Waals surface area (Å²) in [7, 11) is 2.95. The van der Waals surface area contributed by atoms with Crippen LogP contribution in [0.5, 0.6) is 11.5 Å². The van der Waals surface area contributed by atoms with E-state index in [1.54, 1.807) is 35.7 Å². The molecule has 0 spiro atoms. The van der Waals surface area contributed by atoms with Crippen molar-refractivity contribution in [1.82, 2.24) is 10.6 Å². The zero-order valence-electron chi connectivity index (χ0n) is 21.3. The Kier molecular flexibility index (Phi) is 8.88. The van der Waals surface area contributed by atoms with Gasteiger partial charge in [-0.15, -0.1) is 11.3 Å². The Bertz CT molecular complexity index is 1260. The quantitative estimate of drug-likeness (QED) is 0.432. The van der Waals surface area contributed by atoms with E-state index in [0.717, 1.165) is 6.07 Å². The first kappa shape index (κ1) is 27.7. The maximum Gasteiger partial charge on any atom is 0.261 e. The Morgan fingerprint density at radius 2 is 1.73 bits per heavy atom. The van der Waals surface area contributed by atoms with E-state index in [0.29, 0.717) is 21.9 Å². The molecule has 2 aromatic carbocycles. The van der Waals surface area contributed by atoms with Gasteiger partial charge in [0.05, 0.1) is 25.6 Å². The summed E-state index contributed by atoms with van der Waals surface area (Å²) in [6.45, 7) is 5.02. The molecule has 0 aliphatic rings. The van der Waals surface area contributed by atoms with Gasteiger partial charge in [-0.3, -0.25) is 19.3 Å². The third kappa shape index (κ3) is 7.07. The van der Waals surface area contributed by atoms with E-state index in [4.69, 9.17) is 9.47 Å². The lowest BCUT2D eigenvalue weighted by Gasteiger charge is -2.34. The molecule has 0 saturated heterocycles. The number of thiophene rings is 1. The number of anilines is 1. The maximum absolute atomic E-state index is 14.3. The number of ether oxygens (including phenoxy) is 2. The van der Waals surface area contributed by atoms with E-state index in [2.05, 4.69) is 10.6 Å². The molecule has 0 fully saturated rings. The van der Waals surface area contributed by atoms with Crippen LogP contribution in [-0.2, 0) is 9.59 Å². The first-order valence-electron chi connectivity index (χ1n) is 11.5. The van der Waals surface area contributed by atoms with Crippen LogP contribution in [0.1, 0.15) is 42.0 Å². The van der Waals surface area contributed by atoms with Gasteiger partial charge < -0.3 is 20.1 Å². The second-order valence-corrected chi connectivity index (χ2v) is 10.1. The van der Waals surface area contributed by atoms with Gasteiger partial charge in [-0.2, -0.15) is 0 Å². The zero-order chi connectivity index (χ0) is 27.2. The summed E-state index contributed by atoms with van der Waals surface area (Å²) in [5.74, 6) is -1.33. The van der Waals surface area contributed by atoms with Crippen molar-refractivity contribution in [2.24, 2.45) is 0 Å². The van der Waals surface area contributed by atoms with Gasteiger partial charge in [-0.25, -0.2) is 4.39 Å². The Morgan fingerprint density at radius 1 is 1.00 bits per heavy atom. The summed E-state index contributed by atoms with van der Waals surface area (Å²) in [6, 6.07) is 12.4. The summed E-state index contributed by atoms with van der Waals surface area (Å²) in [4.78, 5) is 41.4. The summed E-state index contributed by atoms with van der Waals surface area (Å²) < 4.78 is 25.0. The van der Waals surface area contributed by atoms with Crippen LogP contribution in [-0.4, -0.2) is 44.0 Å².